The van der Waals surface area contributed by atoms with Crippen LogP contribution in [0.15, 0.2) is 18.2 Å². The highest BCUT2D eigenvalue weighted by atomic mass is 16.2. The second-order valence-corrected chi connectivity index (χ2v) is 5.08. The van der Waals surface area contributed by atoms with Crippen LogP contribution < -0.4 is 5.73 Å². The summed E-state index contributed by atoms with van der Waals surface area (Å²) in [5.41, 5.74) is 9.68. The van der Waals surface area contributed by atoms with Gasteiger partial charge in [-0.1, -0.05) is 18.2 Å². The molecule has 0 heterocycles. The number of hydrogen-bond acceptors (Lipinski definition) is 2. The van der Waals surface area contributed by atoms with Gasteiger partial charge in [-0.15, -0.1) is 0 Å². The van der Waals surface area contributed by atoms with Gasteiger partial charge in [-0.05, 0) is 48.8 Å². The molecule has 18 heavy (non-hydrogen) atoms. The molecule has 3 nitrogen and oxygen atoms in total. The summed E-state index contributed by atoms with van der Waals surface area (Å²) in [7, 11) is 1.81. The summed E-state index contributed by atoms with van der Waals surface area (Å²) in [4.78, 5) is 13.1. The summed E-state index contributed by atoms with van der Waals surface area (Å²) >= 11 is 0. The van der Waals surface area contributed by atoms with Gasteiger partial charge in [0.25, 0.3) is 0 Å². The first-order valence-corrected chi connectivity index (χ1v) is 6.75. The lowest BCUT2D eigenvalue weighted by Gasteiger charge is -2.19. The number of nitrogens with zero attached hydrogens (tertiary/aromatic N) is 1. The van der Waals surface area contributed by atoms with Crippen LogP contribution in [0.5, 0.6) is 0 Å². The Bertz CT molecular complexity index is 429. The maximum atomic E-state index is 11.4. The molecule has 0 radical (unpaired) electrons. The zero-order chi connectivity index (χ0) is 13.0. The molecule has 1 aromatic carbocycles. The van der Waals surface area contributed by atoms with Crippen LogP contribution in [-0.2, 0) is 24.1 Å². The van der Waals surface area contributed by atoms with E-state index in [-0.39, 0.29) is 12.5 Å². The normalized spacial score (nSPS) is 14.1. The first-order chi connectivity index (χ1) is 8.70. The first kappa shape index (κ1) is 13.1. The average Bonchev–Trinajstić information content (AvgIpc) is 2.43. The number of benzene rings is 1. The average molecular weight is 246 g/mol. The van der Waals surface area contributed by atoms with E-state index in [2.05, 4.69) is 18.2 Å². The predicted molar refractivity (Wildman–Crippen MR) is 73.5 cm³/mol. The van der Waals surface area contributed by atoms with Crippen LogP contribution in [0.2, 0.25) is 0 Å². The van der Waals surface area contributed by atoms with E-state index < -0.39 is 0 Å². The number of fused-ring (bicyclic) bond motifs is 1. The van der Waals surface area contributed by atoms with Crippen molar-refractivity contribution < 1.29 is 4.79 Å². The minimum Gasteiger partial charge on any atom is -0.344 e. The summed E-state index contributed by atoms with van der Waals surface area (Å²) in [6.45, 7) is 0.843. The quantitative estimate of drug-likeness (QED) is 0.875. The van der Waals surface area contributed by atoms with Gasteiger partial charge in [0.2, 0.25) is 5.91 Å². The number of nitrogens with two attached hydrogens (primary N) is 1. The smallest absolute Gasteiger partial charge is 0.236 e. The molecule has 0 atom stereocenters. The molecule has 3 heteroatoms. The lowest BCUT2D eigenvalue weighted by Crippen LogP contribution is -2.34. The van der Waals surface area contributed by atoms with Crippen LogP contribution >= 0.6 is 0 Å². The molecule has 1 aliphatic carbocycles. The first-order valence-electron chi connectivity index (χ1n) is 6.75. The Balaban J connectivity index is 1.96. The lowest BCUT2D eigenvalue weighted by molar-refractivity contribution is -0.128. The largest absolute Gasteiger partial charge is 0.344 e. The molecule has 0 aromatic heterocycles. The third-order valence-corrected chi connectivity index (χ3v) is 3.75. The van der Waals surface area contributed by atoms with Crippen molar-refractivity contribution >= 4 is 5.91 Å². The van der Waals surface area contributed by atoms with Crippen LogP contribution in [0, 0.1) is 0 Å². The van der Waals surface area contributed by atoms with Crippen LogP contribution in [0.3, 0.4) is 0 Å². The molecular formula is C15H22N2O. The molecule has 0 spiro atoms. The minimum atomic E-state index is 0.00737. The van der Waals surface area contributed by atoms with E-state index in [1.165, 1.54) is 42.4 Å². The standard InChI is InChI=1S/C15H22N2O/c1-17(15(18)11-16)9-8-12-6-7-13-4-2-3-5-14(13)10-12/h6-7,10H,2-5,8-9,11,16H2,1H3. The second kappa shape index (κ2) is 6.01. The number of likely N-dealkylation sites (N-methyl/N-ethyl adjacent to an activating group) is 1. The Morgan fingerprint density at radius 1 is 1.28 bits per heavy atom. The highest BCUT2D eigenvalue weighted by Gasteiger charge is 2.10. The molecule has 1 aromatic rings. The van der Waals surface area contributed by atoms with E-state index in [0.717, 1.165) is 13.0 Å². The maximum absolute atomic E-state index is 11.4. The molecule has 1 aliphatic rings. The fourth-order valence-corrected chi connectivity index (χ4v) is 2.52. The number of hydrogen-bond donors (Lipinski definition) is 1. The van der Waals surface area contributed by atoms with Crippen molar-refractivity contribution in [2.45, 2.75) is 32.1 Å². The van der Waals surface area contributed by atoms with E-state index in [4.69, 9.17) is 5.73 Å². The maximum Gasteiger partial charge on any atom is 0.236 e. The Labute approximate surface area is 109 Å². The molecule has 98 valence electrons. The van der Waals surface area contributed by atoms with E-state index in [1.807, 2.05) is 7.05 Å². The number of amides is 1. The van der Waals surface area contributed by atoms with Gasteiger partial charge >= 0.3 is 0 Å². The molecule has 0 fully saturated rings. The number of carbonyl (C=O) groups excluding carboxylic acids is 1. The van der Waals surface area contributed by atoms with Crippen molar-refractivity contribution in [3.05, 3.63) is 34.9 Å². The van der Waals surface area contributed by atoms with Gasteiger partial charge in [-0.3, -0.25) is 4.79 Å². The van der Waals surface area contributed by atoms with Gasteiger partial charge in [-0.25, -0.2) is 0 Å². The summed E-state index contributed by atoms with van der Waals surface area (Å²) in [5, 5.41) is 0. The molecule has 0 unspecified atom stereocenters. The Morgan fingerprint density at radius 3 is 2.72 bits per heavy atom. The predicted octanol–water partition coefficient (Wildman–Crippen LogP) is 1.52. The zero-order valence-electron chi connectivity index (χ0n) is 11.1. The SMILES string of the molecule is CN(CCc1ccc2c(c1)CCCC2)C(=O)CN. The van der Waals surface area contributed by atoms with Crippen molar-refractivity contribution in [1.82, 2.24) is 4.90 Å². The van der Waals surface area contributed by atoms with E-state index in [1.54, 1.807) is 4.90 Å². The van der Waals surface area contributed by atoms with Crippen LogP contribution in [0.1, 0.15) is 29.5 Å². The van der Waals surface area contributed by atoms with Gasteiger partial charge in [0.1, 0.15) is 0 Å². The topological polar surface area (TPSA) is 46.3 Å². The van der Waals surface area contributed by atoms with E-state index in [0.29, 0.717) is 0 Å². The van der Waals surface area contributed by atoms with Crippen LogP contribution in [-0.4, -0.2) is 30.9 Å². The molecule has 2 rings (SSSR count). The Morgan fingerprint density at radius 2 is 2.00 bits per heavy atom. The van der Waals surface area contributed by atoms with Crippen molar-refractivity contribution in [3.63, 3.8) is 0 Å². The summed E-state index contributed by atoms with van der Waals surface area (Å²) in [6, 6.07) is 6.77. The van der Waals surface area contributed by atoms with Crippen LogP contribution in [0.25, 0.3) is 0 Å². The second-order valence-electron chi connectivity index (χ2n) is 5.08. The number of rotatable bonds is 4. The van der Waals surface area contributed by atoms with Crippen molar-refractivity contribution in [2.24, 2.45) is 5.73 Å². The van der Waals surface area contributed by atoms with Gasteiger partial charge < -0.3 is 10.6 Å². The van der Waals surface area contributed by atoms with Crippen LogP contribution in [0.4, 0.5) is 0 Å². The van der Waals surface area contributed by atoms with Gasteiger partial charge in [0.05, 0.1) is 6.54 Å². The van der Waals surface area contributed by atoms with Crippen molar-refractivity contribution in [3.8, 4) is 0 Å². The Hall–Kier alpha value is -1.35. The fourth-order valence-electron chi connectivity index (χ4n) is 2.52. The highest BCUT2D eigenvalue weighted by Crippen LogP contribution is 2.22. The van der Waals surface area contributed by atoms with Gasteiger partial charge in [0, 0.05) is 13.6 Å². The minimum absolute atomic E-state index is 0.00737. The van der Waals surface area contributed by atoms with E-state index >= 15 is 0 Å². The van der Waals surface area contributed by atoms with Crippen molar-refractivity contribution in [1.29, 1.82) is 0 Å². The van der Waals surface area contributed by atoms with Crippen molar-refractivity contribution in [2.75, 3.05) is 20.1 Å². The van der Waals surface area contributed by atoms with E-state index in [9.17, 15) is 4.79 Å². The number of carbonyl (C=O) groups is 1. The molecule has 0 bridgehead atoms. The molecular weight excluding hydrogens is 224 g/mol. The summed E-state index contributed by atoms with van der Waals surface area (Å²) in [5.74, 6) is 0.00737. The molecule has 0 aliphatic heterocycles. The highest BCUT2D eigenvalue weighted by molar-refractivity contribution is 5.77. The van der Waals surface area contributed by atoms with Gasteiger partial charge in [0.15, 0.2) is 0 Å². The molecule has 1 amide bonds. The molecule has 2 N–H and O–H groups in total. The Kier molecular flexibility index (Phi) is 4.37. The third kappa shape index (κ3) is 3.10. The third-order valence-electron chi connectivity index (χ3n) is 3.75. The monoisotopic (exact) mass is 246 g/mol. The molecule has 0 saturated heterocycles. The molecule has 0 saturated carbocycles. The number of aryl methyl sites for hydroxylation is 2. The zero-order valence-corrected chi connectivity index (χ0v) is 11.1. The fraction of sp³-hybridized carbons (Fsp3) is 0.533. The summed E-state index contributed by atoms with van der Waals surface area (Å²) in [6.07, 6.45) is 5.97. The summed E-state index contributed by atoms with van der Waals surface area (Å²) < 4.78 is 0. The van der Waals surface area contributed by atoms with Gasteiger partial charge in [-0.2, -0.15) is 0 Å². The lowest BCUT2D eigenvalue weighted by atomic mass is 9.90.